The Morgan fingerprint density at radius 3 is 2.88 bits per heavy atom. The lowest BCUT2D eigenvalue weighted by atomic mass is 10.3. The molecule has 0 aliphatic heterocycles. The molecule has 0 atom stereocenters. The van der Waals surface area contributed by atoms with E-state index in [0.717, 1.165) is 9.35 Å². The van der Waals surface area contributed by atoms with Crippen molar-refractivity contribution in [3.05, 3.63) is 38.3 Å². The highest BCUT2D eigenvalue weighted by molar-refractivity contribution is 9.10. The smallest absolute Gasteiger partial charge is 0.292 e. The van der Waals surface area contributed by atoms with Crippen LogP contribution in [0.1, 0.15) is 21.1 Å². The monoisotopic (exact) mass is 314 g/mol. The summed E-state index contributed by atoms with van der Waals surface area (Å²) in [6.07, 6.45) is 0. The van der Waals surface area contributed by atoms with Crippen molar-refractivity contribution in [3.8, 4) is 0 Å². The van der Waals surface area contributed by atoms with E-state index >= 15 is 0 Å². The second-order valence-corrected chi connectivity index (χ2v) is 5.64. The van der Waals surface area contributed by atoms with Gasteiger partial charge in [-0.3, -0.25) is 4.79 Å². The van der Waals surface area contributed by atoms with E-state index in [2.05, 4.69) is 21.1 Å². The van der Waals surface area contributed by atoms with Crippen LogP contribution in [0, 0.1) is 6.92 Å². The highest BCUT2D eigenvalue weighted by atomic mass is 79.9. The molecule has 0 fully saturated rings. The Balaban J connectivity index is 2.05. The summed E-state index contributed by atoms with van der Waals surface area (Å²) in [7, 11) is 1.74. The largest absolute Gasteiger partial charge is 0.351 e. The van der Waals surface area contributed by atoms with Crippen LogP contribution >= 0.6 is 27.3 Å². The lowest BCUT2D eigenvalue weighted by Crippen LogP contribution is -2.25. The molecule has 4 nitrogen and oxygen atoms in total. The number of carbonyl (C=O) groups is 1. The lowest BCUT2D eigenvalue weighted by molar-refractivity contribution is 0.0745. The van der Waals surface area contributed by atoms with E-state index in [1.54, 1.807) is 36.3 Å². The molecule has 2 rings (SSSR count). The van der Waals surface area contributed by atoms with Gasteiger partial charge in [0.05, 0.1) is 12.2 Å². The van der Waals surface area contributed by atoms with Crippen molar-refractivity contribution in [2.24, 2.45) is 0 Å². The molecule has 0 N–H and O–H groups in total. The Kier molecular flexibility index (Phi) is 3.63. The molecule has 0 saturated heterocycles. The van der Waals surface area contributed by atoms with Crippen molar-refractivity contribution in [1.29, 1.82) is 0 Å². The normalized spacial score (nSPS) is 10.5. The fraction of sp³-hybridized carbons (Fsp3) is 0.273. The predicted octanol–water partition coefficient (Wildman–Crippen LogP) is 3.08. The molecule has 2 heterocycles. The summed E-state index contributed by atoms with van der Waals surface area (Å²) >= 11 is 4.99. The van der Waals surface area contributed by atoms with Crippen molar-refractivity contribution in [3.63, 3.8) is 0 Å². The molecule has 0 aliphatic carbocycles. The maximum absolute atomic E-state index is 12.0. The molecule has 0 unspecified atom stereocenters. The molecule has 0 radical (unpaired) electrons. The van der Waals surface area contributed by atoms with Gasteiger partial charge in [0.1, 0.15) is 0 Å². The maximum Gasteiger partial charge on any atom is 0.292 e. The third kappa shape index (κ3) is 2.95. The molecular weight excluding hydrogens is 304 g/mol. The molecule has 0 aliphatic rings. The molecule has 1 amide bonds. The standard InChI is InChI=1S/C11H11BrN2O2S/c1-7-3-10(16-13-7)11(15)14(2)5-9-4-8(12)6-17-9/h3-4,6H,5H2,1-2H3. The van der Waals surface area contributed by atoms with Gasteiger partial charge in [-0.15, -0.1) is 11.3 Å². The Morgan fingerprint density at radius 2 is 2.35 bits per heavy atom. The van der Waals surface area contributed by atoms with E-state index in [4.69, 9.17) is 4.52 Å². The molecule has 6 heteroatoms. The minimum atomic E-state index is -0.157. The van der Waals surface area contributed by atoms with E-state index in [0.29, 0.717) is 12.2 Å². The second kappa shape index (κ2) is 5.01. The predicted molar refractivity (Wildman–Crippen MR) is 69.1 cm³/mol. The fourth-order valence-electron chi connectivity index (χ4n) is 1.39. The van der Waals surface area contributed by atoms with Gasteiger partial charge in [-0.25, -0.2) is 0 Å². The summed E-state index contributed by atoms with van der Waals surface area (Å²) in [6, 6.07) is 3.64. The first kappa shape index (κ1) is 12.3. The summed E-state index contributed by atoms with van der Waals surface area (Å²) in [5, 5.41) is 5.70. The van der Waals surface area contributed by atoms with Gasteiger partial charge >= 0.3 is 0 Å². The van der Waals surface area contributed by atoms with Crippen LogP contribution in [0.4, 0.5) is 0 Å². The third-order valence-corrected chi connectivity index (χ3v) is 3.88. The van der Waals surface area contributed by atoms with Gasteiger partial charge < -0.3 is 9.42 Å². The van der Waals surface area contributed by atoms with Crippen LogP contribution in [0.2, 0.25) is 0 Å². The first-order chi connectivity index (χ1) is 8.06. The van der Waals surface area contributed by atoms with Crippen LogP contribution in [-0.2, 0) is 6.54 Å². The Morgan fingerprint density at radius 1 is 1.59 bits per heavy atom. The maximum atomic E-state index is 12.0. The van der Waals surface area contributed by atoms with Crippen LogP contribution in [0.15, 0.2) is 26.5 Å². The number of aryl methyl sites for hydroxylation is 1. The van der Waals surface area contributed by atoms with Crippen LogP contribution < -0.4 is 0 Å². The molecule has 90 valence electrons. The number of hydrogen-bond donors (Lipinski definition) is 0. The van der Waals surface area contributed by atoms with E-state index in [1.165, 1.54) is 0 Å². The van der Waals surface area contributed by atoms with Gasteiger partial charge in [-0.1, -0.05) is 5.16 Å². The van der Waals surface area contributed by atoms with Crippen molar-refractivity contribution < 1.29 is 9.32 Å². The zero-order valence-corrected chi connectivity index (χ0v) is 11.8. The summed E-state index contributed by atoms with van der Waals surface area (Å²) in [4.78, 5) is 14.7. The summed E-state index contributed by atoms with van der Waals surface area (Å²) in [5.74, 6) is 0.121. The molecule has 0 saturated carbocycles. The SMILES string of the molecule is Cc1cc(C(=O)N(C)Cc2cc(Br)cs2)on1. The molecule has 0 aromatic carbocycles. The number of aromatic nitrogens is 1. The molecule has 2 aromatic heterocycles. The van der Waals surface area contributed by atoms with Gasteiger partial charge in [0.25, 0.3) is 5.91 Å². The number of rotatable bonds is 3. The van der Waals surface area contributed by atoms with Gasteiger partial charge in [-0.05, 0) is 28.9 Å². The van der Waals surface area contributed by atoms with Crippen molar-refractivity contribution >= 4 is 33.2 Å². The Labute approximate surface area is 111 Å². The van der Waals surface area contributed by atoms with Gasteiger partial charge in [0.15, 0.2) is 0 Å². The van der Waals surface area contributed by atoms with Crippen LogP contribution in [-0.4, -0.2) is 23.0 Å². The summed E-state index contributed by atoms with van der Waals surface area (Å²) in [6.45, 7) is 2.35. The topological polar surface area (TPSA) is 46.3 Å². The summed E-state index contributed by atoms with van der Waals surface area (Å²) in [5.41, 5.74) is 0.709. The average molecular weight is 315 g/mol. The first-order valence-corrected chi connectivity index (χ1v) is 6.65. The van der Waals surface area contributed by atoms with Gasteiger partial charge in [-0.2, -0.15) is 0 Å². The molecule has 0 bridgehead atoms. The molecule has 17 heavy (non-hydrogen) atoms. The molecule has 0 spiro atoms. The molecule has 2 aromatic rings. The van der Waals surface area contributed by atoms with Crippen LogP contribution in [0.25, 0.3) is 0 Å². The first-order valence-electron chi connectivity index (χ1n) is 4.98. The quantitative estimate of drug-likeness (QED) is 0.874. The van der Waals surface area contributed by atoms with Gasteiger partial charge in [0, 0.05) is 27.8 Å². The zero-order chi connectivity index (χ0) is 12.4. The van der Waals surface area contributed by atoms with E-state index in [-0.39, 0.29) is 11.7 Å². The van der Waals surface area contributed by atoms with E-state index < -0.39 is 0 Å². The Bertz CT molecular complexity index is 535. The van der Waals surface area contributed by atoms with Crippen LogP contribution in [0.3, 0.4) is 0 Å². The van der Waals surface area contributed by atoms with Crippen molar-refractivity contribution in [2.45, 2.75) is 13.5 Å². The number of carbonyl (C=O) groups excluding carboxylic acids is 1. The average Bonchev–Trinajstić information content (AvgIpc) is 2.87. The van der Waals surface area contributed by atoms with E-state index in [1.807, 2.05) is 11.4 Å². The number of thiophene rings is 1. The zero-order valence-electron chi connectivity index (χ0n) is 9.44. The van der Waals surface area contributed by atoms with Gasteiger partial charge in [0.2, 0.25) is 5.76 Å². The Hall–Kier alpha value is -1.14. The molecular formula is C11H11BrN2O2S. The second-order valence-electron chi connectivity index (χ2n) is 3.72. The van der Waals surface area contributed by atoms with E-state index in [9.17, 15) is 4.79 Å². The van der Waals surface area contributed by atoms with Crippen LogP contribution in [0.5, 0.6) is 0 Å². The number of hydrogen-bond acceptors (Lipinski definition) is 4. The van der Waals surface area contributed by atoms with Crippen molar-refractivity contribution in [1.82, 2.24) is 10.1 Å². The number of halogens is 1. The van der Waals surface area contributed by atoms with Crippen molar-refractivity contribution in [2.75, 3.05) is 7.05 Å². The highest BCUT2D eigenvalue weighted by Gasteiger charge is 2.17. The lowest BCUT2D eigenvalue weighted by Gasteiger charge is -2.13. The summed E-state index contributed by atoms with van der Waals surface area (Å²) < 4.78 is 5.98. The minimum Gasteiger partial charge on any atom is -0.351 e. The number of amides is 1. The third-order valence-electron chi connectivity index (χ3n) is 2.20. The minimum absolute atomic E-state index is 0.157. The number of nitrogens with zero attached hydrogens (tertiary/aromatic N) is 2. The highest BCUT2D eigenvalue weighted by Crippen LogP contribution is 2.21. The fourth-order valence-corrected chi connectivity index (χ4v) is 2.90.